The molecule has 0 radical (unpaired) electrons. The van der Waals surface area contributed by atoms with Crippen molar-refractivity contribution in [2.24, 2.45) is 0 Å². The Hall–Kier alpha value is -3.08. The van der Waals surface area contributed by atoms with Gasteiger partial charge in [-0.25, -0.2) is 4.79 Å². The Morgan fingerprint density at radius 1 is 0.852 bits per heavy atom. The second kappa shape index (κ2) is 10.8. The summed E-state index contributed by atoms with van der Waals surface area (Å²) >= 11 is 0. The molecule has 2 aromatic rings. The van der Waals surface area contributed by atoms with E-state index in [-0.39, 0.29) is 5.97 Å². The van der Waals surface area contributed by atoms with Gasteiger partial charge in [0, 0.05) is 12.5 Å². The van der Waals surface area contributed by atoms with Gasteiger partial charge in [0.25, 0.3) is 0 Å². The maximum Gasteiger partial charge on any atom is 0.336 e. The number of carbonyl (C=O) groups is 2. The van der Waals surface area contributed by atoms with E-state index >= 15 is 0 Å². The number of rotatable bonds is 9. The Morgan fingerprint density at radius 2 is 1.44 bits per heavy atom. The lowest BCUT2D eigenvalue weighted by atomic mass is 10.2. The lowest BCUT2D eigenvalue weighted by Gasteiger charge is -2.05. The first-order chi connectivity index (χ1) is 13.1. The van der Waals surface area contributed by atoms with E-state index in [0.29, 0.717) is 24.5 Å². The standard InChI is InChI=1S/C22H24O5/c1-3-5-6-21(23)26-19-12-14-20(15-13-19)27-22(24)16-9-17-7-10-18(11-8-17)25-4-2/h7-16H,3-6H2,1-2H3. The zero-order valence-electron chi connectivity index (χ0n) is 15.6. The van der Waals surface area contributed by atoms with E-state index in [0.717, 1.165) is 24.2 Å². The maximum atomic E-state index is 11.9. The highest BCUT2D eigenvalue weighted by Gasteiger charge is 2.05. The molecular weight excluding hydrogens is 344 g/mol. The largest absolute Gasteiger partial charge is 0.494 e. The number of esters is 2. The minimum absolute atomic E-state index is 0.264. The molecule has 142 valence electrons. The van der Waals surface area contributed by atoms with Crippen LogP contribution in [-0.2, 0) is 9.59 Å². The average molecular weight is 368 g/mol. The van der Waals surface area contributed by atoms with Gasteiger partial charge in [-0.3, -0.25) is 4.79 Å². The highest BCUT2D eigenvalue weighted by atomic mass is 16.5. The maximum absolute atomic E-state index is 11.9. The van der Waals surface area contributed by atoms with Crippen LogP contribution in [0.4, 0.5) is 0 Å². The molecule has 0 saturated carbocycles. The number of hydrogen-bond donors (Lipinski definition) is 0. The van der Waals surface area contributed by atoms with Gasteiger partial charge >= 0.3 is 11.9 Å². The van der Waals surface area contributed by atoms with Gasteiger partial charge in [0.05, 0.1) is 6.61 Å². The molecule has 0 aromatic heterocycles. The Balaban J connectivity index is 1.85. The lowest BCUT2D eigenvalue weighted by molar-refractivity contribution is -0.134. The lowest BCUT2D eigenvalue weighted by Crippen LogP contribution is -2.07. The molecule has 0 spiro atoms. The smallest absolute Gasteiger partial charge is 0.336 e. The molecule has 0 saturated heterocycles. The monoisotopic (exact) mass is 368 g/mol. The summed E-state index contributed by atoms with van der Waals surface area (Å²) in [6.07, 6.45) is 5.16. The van der Waals surface area contributed by atoms with Crippen LogP contribution in [0.1, 0.15) is 38.7 Å². The summed E-state index contributed by atoms with van der Waals surface area (Å²) in [7, 11) is 0. The van der Waals surface area contributed by atoms with E-state index in [1.165, 1.54) is 6.08 Å². The topological polar surface area (TPSA) is 61.8 Å². The van der Waals surface area contributed by atoms with Crippen LogP contribution in [0.2, 0.25) is 0 Å². The van der Waals surface area contributed by atoms with Crippen molar-refractivity contribution in [2.45, 2.75) is 33.1 Å². The van der Waals surface area contributed by atoms with Crippen molar-refractivity contribution in [1.82, 2.24) is 0 Å². The molecule has 0 N–H and O–H groups in total. The molecule has 2 aromatic carbocycles. The molecule has 2 rings (SSSR count). The van der Waals surface area contributed by atoms with Gasteiger partial charge < -0.3 is 14.2 Å². The predicted octanol–water partition coefficient (Wildman–Crippen LogP) is 4.80. The summed E-state index contributed by atoms with van der Waals surface area (Å²) in [5.41, 5.74) is 0.866. The molecule has 5 heteroatoms. The van der Waals surface area contributed by atoms with Crippen molar-refractivity contribution in [1.29, 1.82) is 0 Å². The van der Waals surface area contributed by atoms with E-state index < -0.39 is 5.97 Å². The molecule has 0 aliphatic rings. The summed E-state index contributed by atoms with van der Waals surface area (Å²) in [5.74, 6) is 0.842. The van der Waals surface area contributed by atoms with Crippen LogP contribution in [0.3, 0.4) is 0 Å². The zero-order valence-corrected chi connectivity index (χ0v) is 15.6. The summed E-state index contributed by atoms with van der Waals surface area (Å²) < 4.78 is 15.8. The second-order valence-corrected chi connectivity index (χ2v) is 5.81. The molecule has 0 aliphatic heterocycles. The van der Waals surface area contributed by atoms with E-state index in [4.69, 9.17) is 14.2 Å². The molecule has 0 heterocycles. The first-order valence-corrected chi connectivity index (χ1v) is 9.04. The molecule has 5 nitrogen and oxygen atoms in total. The Kier molecular flexibility index (Phi) is 8.10. The highest BCUT2D eigenvalue weighted by molar-refractivity contribution is 5.88. The summed E-state index contributed by atoms with van der Waals surface area (Å²) in [6, 6.07) is 13.8. The summed E-state index contributed by atoms with van der Waals surface area (Å²) in [6.45, 7) is 4.55. The number of ether oxygens (including phenoxy) is 3. The van der Waals surface area contributed by atoms with Crippen molar-refractivity contribution in [3.63, 3.8) is 0 Å². The SMILES string of the molecule is CCCCC(=O)Oc1ccc(OC(=O)C=Cc2ccc(OCC)cc2)cc1. The van der Waals surface area contributed by atoms with Crippen molar-refractivity contribution >= 4 is 18.0 Å². The molecule has 0 fully saturated rings. The Morgan fingerprint density at radius 3 is 2.04 bits per heavy atom. The van der Waals surface area contributed by atoms with Gasteiger partial charge in [-0.1, -0.05) is 25.5 Å². The van der Waals surface area contributed by atoms with E-state index in [2.05, 4.69) is 0 Å². The first kappa shape index (κ1) is 20.2. The fourth-order valence-corrected chi connectivity index (χ4v) is 2.24. The predicted molar refractivity (Wildman–Crippen MR) is 104 cm³/mol. The van der Waals surface area contributed by atoms with Crippen LogP contribution in [0.25, 0.3) is 6.08 Å². The van der Waals surface area contributed by atoms with Gasteiger partial charge in [-0.05, 0) is 61.4 Å². The minimum atomic E-state index is -0.489. The second-order valence-electron chi connectivity index (χ2n) is 5.81. The first-order valence-electron chi connectivity index (χ1n) is 9.04. The van der Waals surface area contributed by atoms with Crippen molar-refractivity contribution < 1.29 is 23.8 Å². The van der Waals surface area contributed by atoms with Crippen LogP contribution in [0.5, 0.6) is 17.2 Å². The van der Waals surface area contributed by atoms with Gasteiger partial charge in [-0.15, -0.1) is 0 Å². The molecule has 27 heavy (non-hydrogen) atoms. The van der Waals surface area contributed by atoms with Crippen LogP contribution < -0.4 is 14.2 Å². The van der Waals surface area contributed by atoms with Gasteiger partial charge in [0.2, 0.25) is 0 Å². The van der Waals surface area contributed by atoms with E-state index in [1.54, 1.807) is 30.3 Å². The van der Waals surface area contributed by atoms with Gasteiger partial charge in [-0.2, -0.15) is 0 Å². The number of hydrogen-bond acceptors (Lipinski definition) is 5. The van der Waals surface area contributed by atoms with E-state index in [9.17, 15) is 9.59 Å². The number of unbranched alkanes of at least 4 members (excludes halogenated alkanes) is 1. The third-order valence-corrected chi connectivity index (χ3v) is 3.61. The highest BCUT2D eigenvalue weighted by Crippen LogP contribution is 2.19. The third-order valence-electron chi connectivity index (χ3n) is 3.61. The normalized spacial score (nSPS) is 10.6. The Labute approximate surface area is 159 Å². The fourth-order valence-electron chi connectivity index (χ4n) is 2.24. The molecule has 0 amide bonds. The third kappa shape index (κ3) is 7.36. The van der Waals surface area contributed by atoms with Gasteiger partial charge in [0.1, 0.15) is 17.2 Å². The molecular formula is C22H24O5. The van der Waals surface area contributed by atoms with Crippen LogP contribution in [-0.4, -0.2) is 18.5 Å². The molecule has 0 atom stereocenters. The molecule has 0 bridgehead atoms. The summed E-state index contributed by atoms with van der Waals surface area (Å²) in [5, 5.41) is 0. The van der Waals surface area contributed by atoms with Crippen molar-refractivity contribution in [3.8, 4) is 17.2 Å². The van der Waals surface area contributed by atoms with Crippen molar-refractivity contribution in [3.05, 3.63) is 60.2 Å². The van der Waals surface area contributed by atoms with Crippen LogP contribution in [0.15, 0.2) is 54.6 Å². The van der Waals surface area contributed by atoms with Gasteiger partial charge in [0.15, 0.2) is 0 Å². The molecule has 0 aliphatic carbocycles. The van der Waals surface area contributed by atoms with Crippen molar-refractivity contribution in [2.75, 3.05) is 6.61 Å². The Bertz CT molecular complexity index is 760. The quantitative estimate of drug-likeness (QED) is 0.361. The van der Waals surface area contributed by atoms with E-state index in [1.807, 2.05) is 38.1 Å². The summed E-state index contributed by atoms with van der Waals surface area (Å²) in [4.78, 5) is 23.5. The number of benzene rings is 2. The zero-order chi connectivity index (χ0) is 19.5. The number of carbonyl (C=O) groups excluding carboxylic acids is 2. The average Bonchev–Trinajstić information content (AvgIpc) is 2.67. The van der Waals surface area contributed by atoms with Crippen LogP contribution >= 0.6 is 0 Å². The molecule has 0 unspecified atom stereocenters. The fraction of sp³-hybridized carbons (Fsp3) is 0.273. The van der Waals surface area contributed by atoms with Crippen LogP contribution in [0, 0.1) is 0 Å². The minimum Gasteiger partial charge on any atom is -0.494 e.